The van der Waals surface area contributed by atoms with E-state index in [0.717, 1.165) is 59.7 Å². The summed E-state index contributed by atoms with van der Waals surface area (Å²) in [6.07, 6.45) is 7.61. The van der Waals surface area contributed by atoms with E-state index in [-0.39, 0.29) is 12.1 Å². The number of carbonyl (C=O) groups is 1. The first kappa shape index (κ1) is 13.5. The zero-order chi connectivity index (χ0) is 15.5. The number of allylic oxidation sites excluding steroid dienone is 1. The molecule has 23 heavy (non-hydrogen) atoms. The second-order valence-corrected chi connectivity index (χ2v) is 9.57. The zero-order valence-electron chi connectivity index (χ0n) is 14.3. The van der Waals surface area contributed by atoms with Gasteiger partial charge in [-0.3, -0.25) is 4.79 Å². The average molecular weight is 312 g/mol. The quantitative estimate of drug-likeness (QED) is 0.434. The van der Waals surface area contributed by atoms with E-state index in [1.807, 2.05) is 12.5 Å². The van der Waals surface area contributed by atoms with E-state index in [9.17, 15) is 4.79 Å². The van der Waals surface area contributed by atoms with Crippen molar-refractivity contribution in [2.45, 2.75) is 58.5 Å². The van der Waals surface area contributed by atoms with E-state index in [2.05, 4.69) is 6.92 Å². The van der Waals surface area contributed by atoms with Gasteiger partial charge in [0.05, 0.1) is 0 Å². The lowest BCUT2D eigenvalue weighted by molar-refractivity contribution is -0.147. The molecule has 0 N–H and O–H groups in total. The molecule has 0 aliphatic heterocycles. The molecule has 5 saturated carbocycles. The summed E-state index contributed by atoms with van der Waals surface area (Å²) in [6, 6.07) is 0. The highest BCUT2D eigenvalue weighted by molar-refractivity contribution is 5.69. The van der Waals surface area contributed by atoms with Crippen molar-refractivity contribution in [3.63, 3.8) is 0 Å². The van der Waals surface area contributed by atoms with Gasteiger partial charge in [-0.2, -0.15) is 0 Å². The summed E-state index contributed by atoms with van der Waals surface area (Å²) in [5.41, 5.74) is 3.44. The minimum Gasteiger partial charge on any atom is -0.458 e. The third-order valence-electron chi connectivity index (χ3n) is 9.00. The van der Waals surface area contributed by atoms with Crippen molar-refractivity contribution in [3.05, 3.63) is 11.1 Å². The monoisotopic (exact) mass is 312 g/mol. The molecule has 2 nitrogen and oxygen atoms in total. The first-order valence-corrected chi connectivity index (χ1v) is 10.1. The van der Waals surface area contributed by atoms with Gasteiger partial charge in [-0.15, -0.1) is 0 Å². The molecule has 10 atom stereocenters. The molecular formula is C21H28O2. The lowest BCUT2D eigenvalue weighted by Gasteiger charge is -2.44. The van der Waals surface area contributed by atoms with Gasteiger partial charge in [-0.1, -0.05) is 19.4 Å². The zero-order valence-corrected chi connectivity index (χ0v) is 14.3. The number of hydrogen-bond donors (Lipinski definition) is 0. The highest BCUT2D eigenvalue weighted by atomic mass is 16.5. The molecule has 0 aromatic heterocycles. The second kappa shape index (κ2) is 4.24. The molecule has 0 spiro atoms. The summed E-state index contributed by atoms with van der Waals surface area (Å²) >= 11 is 0. The van der Waals surface area contributed by atoms with Crippen LogP contribution in [0.1, 0.15) is 52.4 Å². The lowest BCUT2D eigenvalue weighted by Crippen LogP contribution is -2.39. The molecule has 0 aromatic carbocycles. The Morgan fingerprint density at radius 1 is 1.09 bits per heavy atom. The molecule has 6 aliphatic rings. The molecular weight excluding hydrogens is 284 g/mol. The van der Waals surface area contributed by atoms with Gasteiger partial charge >= 0.3 is 5.97 Å². The molecule has 6 bridgehead atoms. The Morgan fingerprint density at radius 3 is 2.78 bits per heavy atom. The number of esters is 1. The molecule has 0 radical (unpaired) electrons. The van der Waals surface area contributed by atoms with Crippen LogP contribution in [-0.2, 0) is 9.53 Å². The van der Waals surface area contributed by atoms with Gasteiger partial charge in [0.2, 0.25) is 0 Å². The molecule has 0 saturated heterocycles. The Bertz CT molecular complexity index is 619. The molecule has 10 unspecified atom stereocenters. The third kappa shape index (κ3) is 1.46. The van der Waals surface area contributed by atoms with E-state index in [1.165, 1.54) is 25.7 Å². The van der Waals surface area contributed by atoms with Crippen LogP contribution >= 0.6 is 0 Å². The number of carbonyl (C=O) groups excluding carboxylic acids is 1. The Balaban J connectivity index is 1.36. The molecule has 0 amide bonds. The van der Waals surface area contributed by atoms with Crippen LogP contribution in [-0.4, -0.2) is 12.1 Å². The minimum atomic E-state index is 0.00183. The van der Waals surface area contributed by atoms with Gasteiger partial charge in [-0.25, -0.2) is 0 Å². The smallest absolute Gasteiger partial charge is 0.306 e. The summed E-state index contributed by atoms with van der Waals surface area (Å²) in [4.78, 5) is 11.8. The average Bonchev–Trinajstić information content (AvgIpc) is 3.30. The number of rotatable bonds is 2. The van der Waals surface area contributed by atoms with Crippen LogP contribution in [0.5, 0.6) is 0 Å². The molecule has 0 heterocycles. The van der Waals surface area contributed by atoms with Crippen molar-refractivity contribution in [2.24, 2.45) is 53.3 Å². The first-order valence-electron chi connectivity index (χ1n) is 10.1. The van der Waals surface area contributed by atoms with Crippen LogP contribution in [0.4, 0.5) is 0 Å². The summed E-state index contributed by atoms with van der Waals surface area (Å²) in [5, 5.41) is 0. The molecule has 6 aliphatic carbocycles. The maximum absolute atomic E-state index is 11.8. The summed E-state index contributed by atoms with van der Waals surface area (Å²) in [6.45, 7) is 4.43. The topological polar surface area (TPSA) is 26.3 Å². The van der Waals surface area contributed by atoms with Crippen LogP contribution in [0.25, 0.3) is 0 Å². The fraction of sp³-hybridized carbons (Fsp3) is 0.857. The highest BCUT2D eigenvalue weighted by Crippen LogP contribution is 2.75. The van der Waals surface area contributed by atoms with Gasteiger partial charge in [0.25, 0.3) is 0 Å². The summed E-state index contributed by atoms with van der Waals surface area (Å²) < 4.78 is 5.80. The van der Waals surface area contributed by atoms with Crippen molar-refractivity contribution in [1.82, 2.24) is 0 Å². The van der Waals surface area contributed by atoms with E-state index in [4.69, 9.17) is 4.74 Å². The fourth-order valence-corrected chi connectivity index (χ4v) is 8.70. The fourth-order valence-electron chi connectivity index (χ4n) is 8.70. The predicted molar refractivity (Wildman–Crippen MR) is 87.4 cm³/mol. The van der Waals surface area contributed by atoms with Crippen LogP contribution in [0, 0.1) is 53.3 Å². The molecule has 6 rings (SSSR count). The molecule has 5 fully saturated rings. The van der Waals surface area contributed by atoms with Crippen LogP contribution in [0.15, 0.2) is 11.1 Å². The highest BCUT2D eigenvalue weighted by Gasteiger charge is 2.69. The third-order valence-corrected chi connectivity index (χ3v) is 9.00. The van der Waals surface area contributed by atoms with Crippen molar-refractivity contribution < 1.29 is 9.53 Å². The molecule has 124 valence electrons. The lowest BCUT2D eigenvalue weighted by atomic mass is 9.61. The number of ether oxygens (including phenoxy) is 1. The van der Waals surface area contributed by atoms with E-state index < -0.39 is 0 Å². The normalized spacial score (nSPS) is 57.3. The van der Waals surface area contributed by atoms with Gasteiger partial charge in [0.15, 0.2) is 0 Å². The van der Waals surface area contributed by atoms with Gasteiger partial charge in [-0.05, 0) is 90.9 Å². The largest absolute Gasteiger partial charge is 0.458 e. The number of hydrogen-bond acceptors (Lipinski definition) is 2. The summed E-state index contributed by atoms with van der Waals surface area (Å²) in [7, 11) is 0. The van der Waals surface area contributed by atoms with Crippen molar-refractivity contribution >= 4 is 5.97 Å². The SMILES string of the molecule is CCC(=O)OC1CC2CC1=C1C3CC(C12)C1C2CC(CC2C)C31. The second-order valence-electron chi connectivity index (χ2n) is 9.57. The first-order chi connectivity index (χ1) is 11.2. The van der Waals surface area contributed by atoms with Gasteiger partial charge < -0.3 is 4.74 Å². The van der Waals surface area contributed by atoms with E-state index in [0.29, 0.717) is 6.42 Å². The maximum atomic E-state index is 11.8. The van der Waals surface area contributed by atoms with Crippen LogP contribution < -0.4 is 0 Å². The van der Waals surface area contributed by atoms with E-state index in [1.54, 1.807) is 5.57 Å². The number of fused-ring (bicyclic) bond motifs is 15. The Morgan fingerprint density at radius 2 is 1.96 bits per heavy atom. The Hall–Kier alpha value is -0.790. The van der Waals surface area contributed by atoms with E-state index >= 15 is 0 Å². The van der Waals surface area contributed by atoms with Crippen molar-refractivity contribution in [1.29, 1.82) is 0 Å². The maximum Gasteiger partial charge on any atom is 0.306 e. The molecule has 2 heteroatoms. The Kier molecular flexibility index (Phi) is 2.49. The minimum absolute atomic E-state index is 0.00183. The van der Waals surface area contributed by atoms with Crippen LogP contribution in [0.2, 0.25) is 0 Å². The van der Waals surface area contributed by atoms with Gasteiger partial charge in [0, 0.05) is 6.42 Å². The van der Waals surface area contributed by atoms with Gasteiger partial charge in [0.1, 0.15) is 6.10 Å². The Labute approximate surface area is 139 Å². The summed E-state index contributed by atoms with van der Waals surface area (Å²) in [5.74, 6) is 8.78. The van der Waals surface area contributed by atoms with Crippen molar-refractivity contribution in [3.8, 4) is 0 Å². The standard InChI is InChI=1S/C21H28O2/c1-3-17(22)23-16-7-11-6-13(16)21-15-8-14(19(11)21)20-12-5-10(18(15)20)4-9(12)2/h9-12,14-16,18-20H,3-8H2,1-2H3. The predicted octanol–water partition coefficient (Wildman–Crippen LogP) is 4.20. The van der Waals surface area contributed by atoms with Crippen molar-refractivity contribution in [2.75, 3.05) is 0 Å². The molecule has 0 aromatic rings. The van der Waals surface area contributed by atoms with Crippen LogP contribution in [0.3, 0.4) is 0 Å².